The number of urea groups is 1. The van der Waals surface area contributed by atoms with E-state index >= 15 is 0 Å². The van der Waals surface area contributed by atoms with Crippen molar-refractivity contribution in [3.05, 3.63) is 132 Å². The van der Waals surface area contributed by atoms with Crippen molar-refractivity contribution >= 4 is 76.9 Å². The van der Waals surface area contributed by atoms with Gasteiger partial charge in [-0.1, -0.05) is 71.4 Å². The van der Waals surface area contributed by atoms with Crippen molar-refractivity contribution < 1.29 is 43.3 Å². The highest BCUT2D eigenvalue weighted by Crippen LogP contribution is 2.46. The highest BCUT2D eigenvalue weighted by atomic mass is 32.2. The Hall–Kier alpha value is -6.66. The molecule has 0 radical (unpaired) electrons. The Bertz CT molecular complexity index is 2260. The lowest BCUT2D eigenvalue weighted by atomic mass is 9.94. The van der Waals surface area contributed by atoms with Crippen LogP contribution in [0.3, 0.4) is 0 Å². The van der Waals surface area contributed by atoms with Crippen molar-refractivity contribution in [3.63, 3.8) is 0 Å². The summed E-state index contributed by atoms with van der Waals surface area (Å²) >= 11 is 2.50. The van der Waals surface area contributed by atoms with Gasteiger partial charge in [0.2, 0.25) is 30.4 Å². The van der Waals surface area contributed by atoms with Crippen molar-refractivity contribution in [2.24, 2.45) is 0 Å². The predicted molar refractivity (Wildman–Crippen MR) is 215 cm³/mol. The van der Waals surface area contributed by atoms with E-state index in [1.807, 2.05) is 94.9 Å². The lowest BCUT2D eigenvalue weighted by Gasteiger charge is -2.57. The first-order valence-electron chi connectivity index (χ1n) is 18.5. The monoisotopic (exact) mass is 834 g/mol. The van der Waals surface area contributed by atoms with Crippen LogP contribution in [0.1, 0.15) is 18.5 Å². The number of likely N-dealkylation sites (N-methyl/N-ethyl adjacent to an activating group) is 1. The molecule has 2 fully saturated rings. The van der Waals surface area contributed by atoms with Gasteiger partial charge in [0.05, 0.1) is 11.7 Å². The molecule has 0 saturated carbocycles. The van der Waals surface area contributed by atoms with Gasteiger partial charge in [-0.05, 0) is 42.3 Å². The minimum absolute atomic E-state index is 0.106. The first-order valence-corrected chi connectivity index (χ1v) is 20.5. The molecule has 59 heavy (non-hydrogen) atoms. The van der Waals surface area contributed by atoms with Crippen LogP contribution in [-0.4, -0.2) is 98.9 Å². The molecule has 3 aliphatic heterocycles. The van der Waals surface area contributed by atoms with Gasteiger partial charge in [0.1, 0.15) is 22.8 Å². The van der Waals surface area contributed by atoms with Gasteiger partial charge in [0.15, 0.2) is 0 Å². The molecule has 3 aromatic carbocycles. The second-order valence-electron chi connectivity index (χ2n) is 13.5. The summed E-state index contributed by atoms with van der Waals surface area (Å²) in [6, 6.07) is 28.9. The van der Waals surface area contributed by atoms with E-state index in [0.717, 1.165) is 32.9 Å². The summed E-state index contributed by atoms with van der Waals surface area (Å²) in [6.07, 6.45) is 3.99. The molecular weight excluding hydrogens is 797 g/mol. The van der Waals surface area contributed by atoms with E-state index in [9.17, 15) is 38.7 Å². The van der Waals surface area contributed by atoms with Crippen LogP contribution in [0.5, 0.6) is 0 Å². The van der Waals surface area contributed by atoms with E-state index < -0.39 is 52.7 Å². The van der Waals surface area contributed by atoms with E-state index in [-0.39, 0.29) is 48.8 Å². The second kappa shape index (κ2) is 17.5. The number of carbonyl (C=O) groups is 7. The fourth-order valence-electron chi connectivity index (χ4n) is 7.04. The number of hydrogen-bond acceptors (Lipinski definition) is 11. The first kappa shape index (κ1) is 40.5. The highest BCUT2D eigenvalue weighted by Gasteiger charge is 2.65. The number of thioether (sulfide) groups is 2. The van der Waals surface area contributed by atoms with Crippen LogP contribution in [0.15, 0.2) is 132 Å². The van der Waals surface area contributed by atoms with Crippen molar-refractivity contribution in [1.29, 1.82) is 0 Å². The molecule has 7 amide bonds. The van der Waals surface area contributed by atoms with Crippen LogP contribution in [-0.2, 0) is 28.8 Å². The maximum Gasteiger partial charge on any atom is 0.325 e. The zero-order valence-electron chi connectivity index (χ0n) is 31.6. The number of nitrogens with one attached hydrogen (secondary N) is 3. The molecule has 0 bridgehead atoms. The van der Waals surface area contributed by atoms with Crippen LogP contribution in [0.4, 0.5) is 16.2 Å². The Morgan fingerprint density at radius 2 is 1.53 bits per heavy atom. The molecule has 3 atom stereocenters. The van der Waals surface area contributed by atoms with Gasteiger partial charge in [-0.2, -0.15) is 0 Å². The van der Waals surface area contributed by atoms with Crippen LogP contribution < -0.4 is 30.7 Å². The number of amides is 7. The molecule has 4 aromatic rings. The molecule has 0 unspecified atom stereocenters. The number of carboxylic acid groups (broad SMARTS) is 1. The number of carbonyl (C=O) groups excluding carboxylic acids is 7. The van der Waals surface area contributed by atoms with Gasteiger partial charge in [-0.25, -0.2) is 4.79 Å². The predicted octanol–water partition coefficient (Wildman–Crippen LogP) is 1.29. The standard InChI is InChI=1S/C41H38N8O8S2/c1-2-45-22-23-47(36(53)35(45)52)40(57)43-32(27-12-6-3-7-13-27)34(51)44-41(42-26-50)38(56)48-33(37(54)55)28(25-59-39(41)48)24-58-31-18-20-46(21-19-31)49(29-14-8-4-9-15-29)30-16-10-5-11-17-30/h3-21,26,32,39H,2,22-25H2,1H3,(H3-,42,43,44,50,51,54,55,57)/t32-,39-,41-/m1/s1. The molecule has 7 rings (SSSR count). The number of aliphatic carboxylic acids is 1. The summed E-state index contributed by atoms with van der Waals surface area (Å²) in [7, 11) is 0. The van der Waals surface area contributed by atoms with Gasteiger partial charge in [0, 0.05) is 48.2 Å². The summed E-state index contributed by atoms with van der Waals surface area (Å²) < 4.78 is 1.93. The Morgan fingerprint density at radius 1 is 0.915 bits per heavy atom. The maximum atomic E-state index is 14.1. The van der Waals surface area contributed by atoms with Crippen LogP contribution in [0.25, 0.3) is 0 Å². The van der Waals surface area contributed by atoms with Crippen molar-refractivity contribution in [2.75, 3.05) is 36.1 Å². The zero-order chi connectivity index (χ0) is 41.7. The average molecular weight is 835 g/mol. The van der Waals surface area contributed by atoms with E-state index in [4.69, 9.17) is 0 Å². The quantitative estimate of drug-likeness (QED) is 0.0414. The fourth-order valence-corrected chi connectivity index (χ4v) is 9.49. The number of hydrogen-bond donors (Lipinski definition) is 3. The maximum absolute atomic E-state index is 14.1. The number of rotatable bonds is 14. The topological polar surface area (TPSA) is 195 Å². The van der Waals surface area contributed by atoms with Crippen LogP contribution in [0.2, 0.25) is 0 Å². The van der Waals surface area contributed by atoms with Gasteiger partial charge in [-0.3, -0.25) is 33.8 Å². The lowest BCUT2D eigenvalue weighted by molar-refractivity contribution is -0.676. The van der Waals surface area contributed by atoms with Crippen molar-refractivity contribution in [2.45, 2.75) is 28.9 Å². The number of β-lactam (4-membered cyclic amide) rings is 1. The number of imide groups is 1. The van der Waals surface area contributed by atoms with Gasteiger partial charge < -0.3 is 30.8 Å². The van der Waals surface area contributed by atoms with Crippen molar-refractivity contribution in [3.8, 4) is 0 Å². The Balaban J connectivity index is 1.08. The number of benzene rings is 3. The largest absolute Gasteiger partial charge is 0.543 e. The summed E-state index contributed by atoms with van der Waals surface area (Å²) in [6.45, 7) is 1.97. The second-order valence-corrected chi connectivity index (χ2v) is 15.6. The molecule has 16 nitrogen and oxygen atoms in total. The smallest absolute Gasteiger partial charge is 0.325 e. The SMILES string of the molecule is CCN1CCN(C(=O)N[C@@H](C(=O)N[C@]2(NC=O)C(=O)N3C(C(=O)[O-])=C(CSc4cc[n+](N(c5ccccc5)c5ccccc5)cc4)CS[C@@H]32)c2ccccc2)C(=O)C1=O. The molecule has 4 heterocycles. The molecule has 302 valence electrons. The minimum atomic E-state index is -2.10. The minimum Gasteiger partial charge on any atom is -0.543 e. The van der Waals surface area contributed by atoms with Gasteiger partial charge in [0.25, 0.3) is 5.91 Å². The van der Waals surface area contributed by atoms with Gasteiger partial charge >= 0.3 is 17.8 Å². The third-order valence-electron chi connectivity index (χ3n) is 9.98. The number of pyridine rings is 1. The number of nitrogens with zero attached hydrogens (tertiary/aromatic N) is 5. The number of carboxylic acids is 1. The van der Waals surface area contributed by atoms with E-state index in [1.165, 1.54) is 28.8 Å². The lowest BCUT2D eigenvalue weighted by Crippen LogP contribution is -2.85. The fraction of sp³-hybridized carbons (Fsp3) is 0.220. The summed E-state index contributed by atoms with van der Waals surface area (Å²) in [5.74, 6) is -5.10. The number of piperazine rings is 1. The molecule has 2 saturated heterocycles. The number of aromatic nitrogens is 1. The third-order valence-corrected chi connectivity index (χ3v) is 12.5. The summed E-state index contributed by atoms with van der Waals surface area (Å²) in [4.78, 5) is 95.3. The number of para-hydroxylation sites is 2. The van der Waals surface area contributed by atoms with E-state index in [0.29, 0.717) is 10.5 Å². The zero-order valence-corrected chi connectivity index (χ0v) is 33.2. The molecule has 3 aliphatic rings. The van der Waals surface area contributed by atoms with Crippen LogP contribution >= 0.6 is 23.5 Å². The number of fused-ring (bicyclic) bond motifs is 1. The summed E-state index contributed by atoms with van der Waals surface area (Å²) in [5.41, 5.74) is 0.0750. The molecule has 18 heteroatoms. The Kier molecular flexibility index (Phi) is 12.0. The van der Waals surface area contributed by atoms with Crippen molar-refractivity contribution in [1.82, 2.24) is 30.7 Å². The molecule has 1 aromatic heterocycles. The number of anilines is 2. The molecule has 0 spiro atoms. The van der Waals surface area contributed by atoms with Crippen LogP contribution in [0, 0.1) is 0 Å². The van der Waals surface area contributed by atoms with Gasteiger partial charge in [-0.15, -0.1) is 28.5 Å². The third kappa shape index (κ3) is 7.96. The first-order chi connectivity index (χ1) is 28.6. The molecular formula is C41H38N8O8S2. The highest BCUT2D eigenvalue weighted by molar-refractivity contribution is 8.01. The normalized spacial score (nSPS) is 19.3. The summed E-state index contributed by atoms with van der Waals surface area (Å²) in [5, 5.41) is 21.0. The molecule has 3 N–H and O–H groups in total. The van der Waals surface area contributed by atoms with E-state index in [1.54, 1.807) is 25.1 Å². The Labute approximate surface area is 347 Å². The Morgan fingerprint density at radius 3 is 2.10 bits per heavy atom. The van der Waals surface area contributed by atoms with E-state index in [2.05, 4.69) is 16.0 Å². The average Bonchev–Trinajstić information content (AvgIpc) is 3.26. The molecule has 0 aliphatic carbocycles.